The predicted molar refractivity (Wildman–Crippen MR) is 88.7 cm³/mol. The van der Waals surface area contributed by atoms with E-state index >= 15 is 0 Å². The number of nitrogens with zero attached hydrogens (tertiary/aromatic N) is 1. The van der Waals surface area contributed by atoms with Crippen LogP contribution in [0.3, 0.4) is 0 Å². The van der Waals surface area contributed by atoms with Crippen molar-refractivity contribution in [2.75, 3.05) is 26.7 Å². The lowest BCUT2D eigenvalue weighted by molar-refractivity contribution is 0.236. The van der Waals surface area contributed by atoms with E-state index in [1.54, 1.807) is 0 Å². The maximum atomic E-state index is 5.79. The molecule has 0 aromatic heterocycles. The third-order valence-corrected chi connectivity index (χ3v) is 3.79. The van der Waals surface area contributed by atoms with Crippen molar-refractivity contribution in [1.82, 2.24) is 10.2 Å². The van der Waals surface area contributed by atoms with E-state index in [1.165, 1.54) is 24.8 Å². The van der Waals surface area contributed by atoms with Gasteiger partial charge in [-0.25, -0.2) is 0 Å². The molecule has 0 atom stereocenters. The summed E-state index contributed by atoms with van der Waals surface area (Å²) in [5, 5.41) is 3.52. The van der Waals surface area contributed by atoms with Crippen LogP contribution in [0.5, 0.6) is 5.75 Å². The second-order valence-corrected chi connectivity index (χ2v) is 5.88. The van der Waals surface area contributed by atoms with Crippen LogP contribution in [0.1, 0.15) is 31.2 Å². The van der Waals surface area contributed by atoms with Gasteiger partial charge in [0.05, 0.1) is 0 Å². The maximum Gasteiger partial charge on any atom is 0.119 e. The summed E-state index contributed by atoms with van der Waals surface area (Å²) in [5.41, 5.74) is 1.33. The molecule has 1 saturated carbocycles. The van der Waals surface area contributed by atoms with Gasteiger partial charge in [0.25, 0.3) is 0 Å². The van der Waals surface area contributed by atoms with E-state index in [0.717, 1.165) is 44.5 Å². The summed E-state index contributed by atoms with van der Waals surface area (Å²) >= 11 is 0. The van der Waals surface area contributed by atoms with Gasteiger partial charge in [0.2, 0.25) is 0 Å². The molecular formula is C18H28N2O. The van der Waals surface area contributed by atoms with Crippen LogP contribution in [0.4, 0.5) is 0 Å². The summed E-state index contributed by atoms with van der Waals surface area (Å²) in [6.07, 6.45) is 6.90. The second-order valence-electron chi connectivity index (χ2n) is 5.88. The number of benzene rings is 1. The molecule has 1 fully saturated rings. The highest BCUT2D eigenvalue weighted by Crippen LogP contribution is 2.19. The molecule has 3 heteroatoms. The van der Waals surface area contributed by atoms with Crippen molar-refractivity contribution in [2.45, 2.75) is 38.3 Å². The van der Waals surface area contributed by atoms with Crippen molar-refractivity contribution in [3.8, 4) is 5.75 Å². The zero-order chi connectivity index (χ0) is 14.9. The Morgan fingerprint density at radius 3 is 2.71 bits per heavy atom. The summed E-state index contributed by atoms with van der Waals surface area (Å²) in [7, 11) is 2.14. The van der Waals surface area contributed by atoms with Gasteiger partial charge in [-0.3, -0.25) is 0 Å². The Balaban J connectivity index is 1.60. The normalized spacial score (nSPS) is 14.4. The van der Waals surface area contributed by atoms with Crippen molar-refractivity contribution in [3.63, 3.8) is 0 Å². The summed E-state index contributed by atoms with van der Waals surface area (Å²) < 4.78 is 5.79. The Morgan fingerprint density at radius 1 is 1.29 bits per heavy atom. The minimum absolute atomic E-state index is 0.740. The molecule has 1 aliphatic rings. The van der Waals surface area contributed by atoms with Gasteiger partial charge in [-0.1, -0.05) is 18.2 Å². The summed E-state index contributed by atoms with van der Waals surface area (Å²) in [6, 6.07) is 9.21. The van der Waals surface area contributed by atoms with E-state index in [4.69, 9.17) is 4.74 Å². The molecule has 1 aromatic carbocycles. The largest absolute Gasteiger partial charge is 0.492 e. The summed E-state index contributed by atoms with van der Waals surface area (Å²) in [4.78, 5) is 2.30. The lowest BCUT2D eigenvalue weighted by Crippen LogP contribution is -2.25. The minimum atomic E-state index is 0.740. The molecule has 1 aromatic rings. The second kappa shape index (κ2) is 8.85. The third kappa shape index (κ3) is 6.78. The molecule has 0 unspecified atom stereocenters. The number of allylic oxidation sites excluding steroid dienone is 1. The Labute approximate surface area is 129 Å². The highest BCUT2D eigenvalue weighted by Gasteiger charge is 2.19. The van der Waals surface area contributed by atoms with Gasteiger partial charge in [0.1, 0.15) is 12.4 Å². The van der Waals surface area contributed by atoms with Gasteiger partial charge in [-0.2, -0.15) is 0 Å². The first-order chi connectivity index (χ1) is 10.3. The summed E-state index contributed by atoms with van der Waals surface area (Å²) in [6.45, 7) is 7.51. The van der Waals surface area contributed by atoms with Crippen LogP contribution in [0.25, 0.3) is 0 Å². The number of hydrogen-bond acceptors (Lipinski definition) is 3. The van der Waals surface area contributed by atoms with Crippen LogP contribution in [-0.4, -0.2) is 37.7 Å². The molecule has 3 nitrogen and oxygen atoms in total. The Kier molecular flexibility index (Phi) is 6.77. The zero-order valence-electron chi connectivity index (χ0n) is 13.2. The molecular weight excluding hydrogens is 260 g/mol. The van der Waals surface area contributed by atoms with E-state index in [-0.39, 0.29) is 0 Å². The van der Waals surface area contributed by atoms with E-state index in [2.05, 4.69) is 48.1 Å². The van der Waals surface area contributed by atoms with Crippen LogP contribution < -0.4 is 10.1 Å². The average molecular weight is 288 g/mol. The van der Waals surface area contributed by atoms with Crippen LogP contribution in [0.2, 0.25) is 0 Å². The zero-order valence-corrected chi connectivity index (χ0v) is 13.2. The van der Waals surface area contributed by atoms with Crippen molar-refractivity contribution in [1.29, 1.82) is 0 Å². The van der Waals surface area contributed by atoms with Crippen molar-refractivity contribution < 1.29 is 4.74 Å². The van der Waals surface area contributed by atoms with Gasteiger partial charge in [-0.15, -0.1) is 6.58 Å². The number of unbranched alkanes of at least 4 members (excludes halogenated alkanes) is 1. The summed E-state index contributed by atoms with van der Waals surface area (Å²) in [5.74, 6) is 0.963. The van der Waals surface area contributed by atoms with Gasteiger partial charge in [0, 0.05) is 19.1 Å². The smallest absolute Gasteiger partial charge is 0.119 e. The molecule has 0 bridgehead atoms. The van der Waals surface area contributed by atoms with Crippen LogP contribution in [0.15, 0.2) is 36.9 Å². The number of likely N-dealkylation sites (N-methyl/N-ethyl adjacent to an activating group) is 1. The Hall–Kier alpha value is -1.32. The quantitative estimate of drug-likeness (QED) is 0.500. The minimum Gasteiger partial charge on any atom is -0.492 e. The van der Waals surface area contributed by atoms with Crippen LogP contribution in [0, 0.1) is 0 Å². The Bertz CT molecular complexity index is 412. The third-order valence-electron chi connectivity index (χ3n) is 3.79. The van der Waals surface area contributed by atoms with Crippen molar-refractivity contribution >= 4 is 0 Å². The first kappa shape index (κ1) is 16.1. The highest BCUT2D eigenvalue weighted by molar-refractivity contribution is 5.27. The molecule has 0 aliphatic heterocycles. The first-order valence-electron chi connectivity index (χ1n) is 8.02. The molecule has 0 spiro atoms. The van der Waals surface area contributed by atoms with E-state index in [9.17, 15) is 0 Å². The van der Waals surface area contributed by atoms with E-state index < -0.39 is 0 Å². The lowest BCUT2D eigenvalue weighted by atomic mass is 10.2. The topological polar surface area (TPSA) is 24.5 Å². The molecule has 21 heavy (non-hydrogen) atoms. The predicted octanol–water partition coefficient (Wildman–Crippen LogP) is 3.22. The Morgan fingerprint density at radius 2 is 2.05 bits per heavy atom. The average Bonchev–Trinajstić information content (AvgIpc) is 3.31. The highest BCUT2D eigenvalue weighted by atomic mass is 16.5. The monoisotopic (exact) mass is 288 g/mol. The van der Waals surface area contributed by atoms with Gasteiger partial charge in [-0.05, 0) is 57.0 Å². The standard InChI is InChI=1S/C18H28N2O/c1-3-4-5-12-20(2)13-14-21-18-10-6-16(7-11-18)15-19-17-8-9-17/h3,6-7,10-11,17,19H,1,4-5,8-9,12-15H2,2H3. The molecule has 1 aliphatic carbocycles. The van der Waals surface area contributed by atoms with Gasteiger partial charge in [0.15, 0.2) is 0 Å². The van der Waals surface area contributed by atoms with Gasteiger partial charge < -0.3 is 15.0 Å². The molecule has 116 valence electrons. The molecule has 0 heterocycles. The number of hydrogen-bond donors (Lipinski definition) is 1. The van der Waals surface area contributed by atoms with Crippen LogP contribution in [-0.2, 0) is 6.54 Å². The van der Waals surface area contributed by atoms with Gasteiger partial charge >= 0.3 is 0 Å². The van der Waals surface area contributed by atoms with Crippen molar-refractivity contribution in [2.24, 2.45) is 0 Å². The fraction of sp³-hybridized carbons (Fsp3) is 0.556. The number of nitrogens with one attached hydrogen (secondary N) is 1. The number of ether oxygens (including phenoxy) is 1. The maximum absolute atomic E-state index is 5.79. The van der Waals surface area contributed by atoms with Crippen molar-refractivity contribution in [3.05, 3.63) is 42.5 Å². The first-order valence-corrected chi connectivity index (χ1v) is 8.02. The molecule has 0 saturated heterocycles. The fourth-order valence-corrected chi connectivity index (χ4v) is 2.19. The van der Waals surface area contributed by atoms with E-state index in [1.807, 2.05) is 6.08 Å². The molecule has 0 radical (unpaired) electrons. The van der Waals surface area contributed by atoms with E-state index in [0.29, 0.717) is 0 Å². The number of rotatable bonds is 11. The SMILES string of the molecule is C=CCCCN(C)CCOc1ccc(CNC2CC2)cc1. The van der Waals surface area contributed by atoms with Crippen LogP contribution >= 0.6 is 0 Å². The molecule has 1 N–H and O–H groups in total. The molecule has 0 amide bonds. The lowest BCUT2D eigenvalue weighted by Gasteiger charge is -2.16. The fourth-order valence-electron chi connectivity index (χ4n) is 2.19. The molecule has 2 rings (SSSR count).